The SMILES string of the molecule is CC(C)[C@H](NC(=O)OC(C)(C)C)C(=O)OC(C(F)(F)F)C(F)(F)F. The maximum Gasteiger partial charge on any atom is 0.434 e. The highest BCUT2D eigenvalue weighted by Gasteiger charge is 2.60. The highest BCUT2D eigenvalue weighted by atomic mass is 19.4. The van der Waals surface area contributed by atoms with Crippen LogP contribution in [0.3, 0.4) is 0 Å². The summed E-state index contributed by atoms with van der Waals surface area (Å²) in [5, 5.41) is 1.91. The van der Waals surface area contributed by atoms with Crippen LogP contribution >= 0.6 is 0 Å². The van der Waals surface area contributed by atoms with Crippen molar-refractivity contribution in [2.45, 2.75) is 64.7 Å². The number of alkyl carbamates (subject to hydrolysis) is 1. The van der Waals surface area contributed by atoms with Gasteiger partial charge in [0.1, 0.15) is 11.6 Å². The summed E-state index contributed by atoms with van der Waals surface area (Å²) in [6.45, 7) is 7.06. The van der Waals surface area contributed by atoms with E-state index in [0.717, 1.165) is 0 Å². The minimum atomic E-state index is -5.83. The van der Waals surface area contributed by atoms with Crippen molar-refractivity contribution in [1.29, 1.82) is 0 Å². The van der Waals surface area contributed by atoms with E-state index in [1.807, 2.05) is 5.32 Å². The molecule has 0 unspecified atom stereocenters. The van der Waals surface area contributed by atoms with Gasteiger partial charge in [0.05, 0.1) is 0 Å². The lowest BCUT2D eigenvalue weighted by Gasteiger charge is -2.28. The molecule has 0 saturated heterocycles. The minimum absolute atomic E-state index is 0.841. The first kappa shape index (κ1) is 22.3. The molecule has 0 aromatic heterocycles. The molecule has 0 spiro atoms. The second-order valence-electron chi connectivity index (χ2n) is 6.27. The summed E-state index contributed by atoms with van der Waals surface area (Å²) in [7, 11) is 0. The number of carbonyl (C=O) groups is 2. The summed E-state index contributed by atoms with van der Waals surface area (Å²) in [6.07, 6.45) is -17.1. The third kappa shape index (κ3) is 7.73. The Labute approximate surface area is 134 Å². The van der Waals surface area contributed by atoms with Gasteiger partial charge >= 0.3 is 24.4 Å². The van der Waals surface area contributed by atoms with Gasteiger partial charge in [0.2, 0.25) is 0 Å². The molecule has 1 atom stereocenters. The maximum absolute atomic E-state index is 12.4. The Morgan fingerprint density at radius 3 is 1.62 bits per heavy atom. The molecule has 24 heavy (non-hydrogen) atoms. The quantitative estimate of drug-likeness (QED) is 0.609. The first-order valence-electron chi connectivity index (χ1n) is 6.78. The Bertz CT molecular complexity index is 439. The molecule has 0 aliphatic carbocycles. The molecule has 1 amide bonds. The molecule has 0 aromatic rings. The Morgan fingerprint density at radius 1 is 0.917 bits per heavy atom. The third-order valence-electron chi connectivity index (χ3n) is 2.42. The monoisotopic (exact) mass is 367 g/mol. The predicted octanol–water partition coefficient (Wildman–Crippen LogP) is 3.57. The highest BCUT2D eigenvalue weighted by molar-refractivity contribution is 5.81. The number of amides is 1. The van der Waals surface area contributed by atoms with Crippen molar-refractivity contribution in [1.82, 2.24) is 5.32 Å². The zero-order valence-electron chi connectivity index (χ0n) is 13.6. The third-order valence-corrected chi connectivity index (χ3v) is 2.42. The predicted molar refractivity (Wildman–Crippen MR) is 70.0 cm³/mol. The van der Waals surface area contributed by atoms with E-state index in [1.165, 1.54) is 34.6 Å². The molecule has 1 N–H and O–H groups in total. The molecule has 0 aromatic carbocycles. The Morgan fingerprint density at radius 2 is 1.33 bits per heavy atom. The van der Waals surface area contributed by atoms with Crippen molar-refractivity contribution in [2.75, 3.05) is 0 Å². The molecular weight excluding hydrogens is 348 g/mol. The Kier molecular flexibility index (Phi) is 6.95. The van der Waals surface area contributed by atoms with Crippen LogP contribution in [0.1, 0.15) is 34.6 Å². The molecule has 0 rings (SSSR count). The van der Waals surface area contributed by atoms with Gasteiger partial charge in [-0.15, -0.1) is 0 Å². The molecule has 5 nitrogen and oxygen atoms in total. The van der Waals surface area contributed by atoms with Crippen molar-refractivity contribution in [3.05, 3.63) is 0 Å². The van der Waals surface area contributed by atoms with Crippen LogP contribution in [0.2, 0.25) is 0 Å². The average molecular weight is 367 g/mol. The van der Waals surface area contributed by atoms with E-state index >= 15 is 0 Å². The zero-order valence-corrected chi connectivity index (χ0v) is 13.6. The summed E-state index contributed by atoms with van der Waals surface area (Å²) in [6, 6.07) is -1.74. The first-order chi connectivity index (χ1) is 10.4. The van der Waals surface area contributed by atoms with Crippen LogP contribution in [0.5, 0.6) is 0 Å². The number of nitrogens with one attached hydrogen (secondary N) is 1. The molecule has 0 radical (unpaired) electrons. The lowest BCUT2D eigenvalue weighted by Crippen LogP contribution is -2.52. The van der Waals surface area contributed by atoms with Crippen molar-refractivity contribution >= 4 is 12.1 Å². The molecule has 0 saturated carbocycles. The van der Waals surface area contributed by atoms with E-state index in [2.05, 4.69) is 4.74 Å². The number of hydrogen-bond acceptors (Lipinski definition) is 4. The van der Waals surface area contributed by atoms with Crippen LogP contribution < -0.4 is 5.32 Å². The van der Waals surface area contributed by atoms with Crippen LogP contribution in [-0.2, 0) is 14.3 Å². The number of hydrogen-bond donors (Lipinski definition) is 1. The molecule has 11 heteroatoms. The van der Waals surface area contributed by atoms with Gasteiger partial charge in [-0.2, -0.15) is 26.3 Å². The van der Waals surface area contributed by atoms with Crippen LogP contribution in [0.15, 0.2) is 0 Å². The van der Waals surface area contributed by atoms with Gasteiger partial charge in [-0.1, -0.05) is 13.8 Å². The zero-order chi connectivity index (χ0) is 19.5. The fraction of sp³-hybridized carbons (Fsp3) is 0.846. The number of carbonyl (C=O) groups excluding carboxylic acids is 2. The van der Waals surface area contributed by atoms with Crippen molar-refractivity contribution < 1.29 is 45.4 Å². The second kappa shape index (κ2) is 7.47. The van der Waals surface area contributed by atoms with E-state index in [-0.39, 0.29) is 0 Å². The second-order valence-corrected chi connectivity index (χ2v) is 6.27. The van der Waals surface area contributed by atoms with Gasteiger partial charge in [-0.25, -0.2) is 9.59 Å². The summed E-state index contributed by atoms with van der Waals surface area (Å²) in [5.41, 5.74) is -0.976. The average Bonchev–Trinajstić information content (AvgIpc) is 2.27. The van der Waals surface area contributed by atoms with Crippen molar-refractivity contribution in [3.63, 3.8) is 0 Å². The van der Waals surface area contributed by atoms with Gasteiger partial charge < -0.3 is 14.8 Å². The Balaban J connectivity index is 5.20. The standard InChI is InChI=1S/C13H19F6NO4/c1-6(2)7(20-10(22)24-11(3,4)5)8(21)23-9(12(14,15)16)13(17,18)19/h6-7,9H,1-5H3,(H,20,22)/t7-/m0/s1. The number of halogens is 6. The summed E-state index contributed by atoms with van der Waals surface area (Å²) >= 11 is 0. The Hall–Kier alpha value is -1.68. The molecule has 0 bridgehead atoms. The summed E-state index contributed by atoms with van der Waals surface area (Å²) < 4.78 is 82.9. The molecule has 142 valence electrons. The normalized spacial score (nSPS) is 14.5. The summed E-state index contributed by atoms with van der Waals surface area (Å²) in [5.74, 6) is -2.71. The largest absolute Gasteiger partial charge is 0.444 e. The van der Waals surface area contributed by atoms with Crippen molar-refractivity contribution in [3.8, 4) is 0 Å². The van der Waals surface area contributed by atoms with Crippen LogP contribution in [0.25, 0.3) is 0 Å². The molecular formula is C13H19F6NO4. The van der Waals surface area contributed by atoms with Gasteiger partial charge in [0, 0.05) is 0 Å². The van der Waals surface area contributed by atoms with E-state index in [1.54, 1.807) is 0 Å². The lowest BCUT2D eigenvalue weighted by molar-refractivity contribution is -0.314. The summed E-state index contributed by atoms with van der Waals surface area (Å²) in [4.78, 5) is 23.3. The van der Waals surface area contributed by atoms with Gasteiger partial charge in [-0.05, 0) is 26.7 Å². The fourth-order valence-electron chi connectivity index (χ4n) is 1.44. The first-order valence-corrected chi connectivity index (χ1v) is 6.78. The smallest absolute Gasteiger partial charge is 0.434 e. The molecule has 0 aliphatic heterocycles. The van der Waals surface area contributed by atoms with E-state index in [4.69, 9.17) is 4.74 Å². The number of esters is 1. The number of ether oxygens (including phenoxy) is 2. The van der Waals surface area contributed by atoms with E-state index < -0.39 is 48.1 Å². The highest BCUT2D eigenvalue weighted by Crippen LogP contribution is 2.36. The van der Waals surface area contributed by atoms with Crippen LogP contribution in [0, 0.1) is 5.92 Å². The van der Waals surface area contributed by atoms with Gasteiger partial charge in [-0.3, -0.25) is 0 Å². The molecule has 0 aliphatic rings. The van der Waals surface area contributed by atoms with Crippen LogP contribution in [0.4, 0.5) is 31.1 Å². The van der Waals surface area contributed by atoms with Crippen LogP contribution in [-0.4, -0.2) is 42.2 Å². The minimum Gasteiger partial charge on any atom is -0.444 e. The topological polar surface area (TPSA) is 64.6 Å². The van der Waals surface area contributed by atoms with Crippen molar-refractivity contribution in [2.24, 2.45) is 5.92 Å². The maximum atomic E-state index is 12.4. The van der Waals surface area contributed by atoms with E-state index in [9.17, 15) is 35.9 Å². The van der Waals surface area contributed by atoms with Gasteiger partial charge in [0.15, 0.2) is 0 Å². The molecule has 0 heterocycles. The molecule has 0 fully saturated rings. The fourth-order valence-corrected chi connectivity index (χ4v) is 1.44. The van der Waals surface area contributed by atoms with E-state index in [0.29, 0.717) is 0 Å². The number of alkyl halides is 6. The van der Waals surface area contributed by atoms with Gasteiger partial charge in [0.25, 0.3) is 6.10 Å². The lowest BCUT2D eigenvalue weighted by atomic mass is 10.0. The number of rotatable bonds is 4.